The van der Waals surface area contributed by atoms with Crippen molar-refractivity contribution in [1.82, 2.24) is 0 Å². The summed E-state index contributed by atoms with van der Waals surface area (Å²) in [6.45, 7) is 2.04. The Morgan fingerprint density at radius 3 is 2.75 bits per heavy atom. The van der Waals surface area contributed by atoms with Gasteiger partial charge in [-0.05, 0) is 24.6 Å². The Kier molecular flexibility index (Phi) is 7.92. The van der Waals surface area contributed by atoms with Gasteiger partial charge in [-0.15, -0.1) is 11.8 Å². The zero-order valence-corrected chi connectivity index (χ0v) is 14.1. The number of rotatable bonds is 8. The molecule has 1 atom stereocenters. The van der Waals surface area contributed by atoms with Crippen LogP contribution in [-0.4, -0.2) is 24.6 Å². The zero-order chi connectivity index (χ0) is 15.0. The average molecular weight is 359 g/mol. The smallest absolute Gasteiger partial charge is 0.316 e. The van der Waals surface area contributed by atoms with E-state index in [0.717, 1.165) is 22.2 Å². The second kappa shape index (κ2) is 9.19. The maximum Gasteiger partial charge on any atom is 0.316 e. The fourth-order valence-electron chi connectivity index (χ4n) is 1.77. The lowest BCUT2D eigenvalue weighted by atomic mass is 9.98. The molecule has 0 spiro atoms. The van der Waals surface area contributed by atoms with E-state index in [0.29, 0.717) is 12.2 Å². The molecule has 0 N–H and O–H groups in total. The SMILES string of the molecule is CCCCC(C(=O)CSc1cccc(Br)c1)C(=O)OC. The van der Waals surface area contributed by atoms with Gasteiger partial charge in [0.05, 0.1) is 12.9 Å². The molecule has 0 heterocycles. The number of methoxy groups -OCH3 is 1. The molecule has 1 unspecified atom stereocenters. The molecule has 0 radical (unpaired) electrons. The number of hydrogen-bond donors (Lipinski definition) is 0. The van der Waals surface area contributed by atoms with Crippen LogP contribution in [0.5, 0.6) is 0 Å². The van der Waals surface area contributed by atoms with Gasteiger partial charge in [0.1, 0.15) is 5.92 Å². The topological polar surface area (TPSA) is 43.4 Å². The van der Waals surface area contributed by atoms with Gasteiger partial charge in [0, 0.05) is 9.37 Å². The van der Waals surface area contributed by atoms with E-state index in [1.54, 1.807) is 0 Å². The summed E-state index contributed by atoms with van der Waals surface area (Å²) >= 11 is 4.84. The number of thioether (sulfide) groups is 1. The van der Waals surface area contributed by atoms with Gasteiger partial charge in [0.15, 0.2) is 5.78 Å². The third-order valence-electron chi connectivity index (χ3n) is 2.90. The highest BCUT2D eigenvalue weighted by Gasteiger charge is 2.26. The number of halogens is 1. The molecule has 1 aromatic rings. The summed E-state index contributed by atoms with van der Waals surface area (Å²) in [7, 11) is 1.33. The number of benzene rings is 1. The van der Waals surface area contributed by atoms with E-state index >= 15 is 0 Å². The van der Waals surface area contributed by atoms with Gasteiger partial charge < -0.3 is 4.74 Å². The van der Waals surface area contributed by atoms with Crippen molar-refractivity contribution < 1.29 is 14.3 Å². The summed E-state index contributed by atoms with van der Waals surface area (Å²) in [6, 6.07) is 7.76. The standard InChI is InChI=1S/C15H19BrO3S/c1-3-4-8-13(15(18)19-2)14(17)10-20-12-7-5-6-11(16)9-12/h5-7,9,13H,3-4,8,10H2,1-2H3. The van der Waals surface area contributed by atoms with Crippen LogP contribution in [0.25, 0.3) is 0 Å². The number of ether oxygens (including phenoxy) is 1. The Labute approximate surface area is 132 Å². The normalized spacial score (nSPS) is 11.9. The molecule has 1 aromatic carbocycles. The Balaban J connectivity index is 2.59. The highest BCUT2D eigenvalue weighted by atomic mass is 79.9. The van der Waals surface area contributed by atoms with E-state index in [9.17, 15) is 9.59 Å². The van der Waals surface area contributed by atoms with Crippen molar-refractivity contribution in [3.63, 3.8) is 0 Å². The summed E-state index contributed by atoms with van der Waals surface area (Å²) in [5.41, 5.74) is 0. The first-order chi connectivity index (χ1) is 9.58. The Morgan fingerprint density at radius 2 is 2.15 bits per heavy atom. The summed E-state index contributed by atoms with van der Waals surface area (Å²) in [6.07, 6.45) is 2.38. The fraction of sp³-hybridized carbons (Fsp3) is 0.467. The quantitative estimate of drug-likeness (QED) is 0.398. The molecule has 0 aliphatic heterocycles. The summed E-state index contributed by atoms with van der Waals surface area (Å²) in [5, 5.41) is 0. The second-order valence-electron chi connectivity index (χ2n) is 4.43. The van der Waals surface area contributed by atoms with Gasteiger partial charge in [0.25, 0.3) is 0 Å². The van der Waals surface area contributed by atoms with Crippen molar-refractivity contribution >= 4 is 39.4 Å². The maximum absolute atomic E-state index is 12.2. The molecule has 0 aromatic heterocycles. The minimum absolute atomic E-state index is 0.0599. The molecule has 0 bridgehead atoms. The number of ketones is 1. The molecule has 5 heteroatoms. The summed E-state index contributed by atoms with van der Waals surface area (Å²) < 4.78 is 5.70. The lowest BCUT2D eigenvalue weighted by Gasteiger charge is -2.12. The molecule has 3 nitrogen and oxygen atoms in total. The van der Waals surface area contributed by atoms with E-state index < -0.39 is 11.9 Å². The van der Waals surface area contributed by atoms with Crippen LogP contribution >= 0.6 is 27.7 Å². The number of carbonyl (C=O) groups excluding carboxylic acids is 2. The van der Waals surface area contributed by atoms with E-state index in [4.69, 9.17) is 4.74 Å². The third-order valence-corrected chi connectivity index (χ3v) is 4.41. The average Bonchev–Trinajstić information content (AvgIpc) is 2.45. The lowest BCUT2D eigenvalue weighted by Crippen LogP contribution is -2.26. The Morgan fingerprint density at radius 1 is 1.40 bits per heavy atom. The molecular weight excluding hydrogens is 340 g/mol. The summed E-state index contributed by atoms with van der Waals surface area (Å²) in [5.74, 6) is -0.812. The van der Waals surface area contributed by atoms with Crippen LogP contribution in [0, 0.1) is 5.92 Å². The molecule has 0 saturated carbocycles. The Bertz CT molecular complexity index is 462. The predicted octanol–water partition coefficient (Wildman–Crippen LogP) is 4.09. The van der Waals surface area contributed by atoms with Crippen molar-refractivity contribution in [2.24, 2.45) is 5.92 Å². The largest absolute Gasteiger partial charge is 0.468 e. The molecule has 0 amide bonds. The molecule has 20 heavy (non-hydrogen) atoms. The van der Waals surface area contributed by atoms with Gasteiger partial charge in [-0.1, -0.05) is 41.8 Å². The number of Topliss-reactive ketones (excluding diaryl/α,β-unsaturated/α-hetero) is 1. The maximum atomic E-state index is 12.2. The van der Waals surface area contributed by atoms with Gasteiger partial charge in [-0.25, -0.2) is 0 Å². The van der Waals surface area contributed by atoms with E-state index in [2.05, 4.69) is 15.9 Å². The summed E-state index contributed by atoms with van der Waals surface area (Å²) in [4.78, 5) is 24.8. The third kappa shape index (κ3) is 5.67. The highest BCUT2D eigenvalue weighted by Crippen LogP contribution is 2.24. The van der Waals surface area contributed by atoms with Crippen LogP contribution in [0.3, 0.4) is 0 Å². The number of hydrogen-bond acceptors (Lipinski definition) is 4. The van der Waals surface area contributed by atoms with Crippen LogP contribution in [-0.2, 0) is 14.3 Å². The molecule has 0 saturated heterocycles. The second-order valence-corrected chi connectivity index (χ2v) is 6.39. The number of unbranched alkanes of at least 4 members (excludes halogenated alkanes) is 1. The van der Waals surface area contributed by atoms with Crippen LogP contribution < -0.4 is 0 Å². The minimum atomic E-state index is -0.625. The van der Waals surface area contributed by atoms with E-state index in [-0.39, 0.29) is 5.78 Å². The fourth-order valence-corrected chi connectivity index (χ4v) is 3.22. The number of esters is 1. The van der Waals surface area contributed by atoms with Crippen molar-refractivity contribution in [1.29, 1.82) is 0 Å². The van der Waals surface area contributed by atoms with Crippen LogP contribution in [0.2, 0.25) is 0 Å². The van der Waals surface area contributed by atoms with Crippen molar-refractivity contribution in [3.8, 4) is 0 Å². The number of carbonyl (C=O) groups is 2. The van der Waals surface area contributed by atoms with Crippen LogP contribution in [0.4, 0.5) is 0 Å². The van der Waals surface area contributed by atoms with Crippen LogP contribution in [0.15, 0.2) is 33.6 Å². The van der Waals surface area contributed by atoms with Gasteiger partial charge in [-0.3, -0.25) is 9.59 Å². The first-order valence-electron chi connectivity index (χ1n) is 6.57. The highest BCUT2D eigenvalue weighted by molar-refractivity contribution is 9.10. The predicted molar refractivity (Wildman–Crippen MR) is 84.9 cm³/mol. The molecule has 0 aliphatic rings. The van der Waals surface area contributed by atoms with Crippen LogP contribution in [0.1, 0.15) is 26.2 Å². The Hall–Kier alpha value is -0.810. The molecule has 110 valence electrons. The zero-order valence-electron chi connectivity index (χ0n) is 11.7. The molecule has 0 aliphatic carbocycles. The van der Waals surface area contributed by atoms with E-state index in [1.807, 2.05) is 31.2 Å². The first-order valence-corrected chi connectivity index (χ1v) is 8.35. The monoisotopic (exact) mass is 358 g/mol. The minimum Gasteiger partial charge on any atom is -0.468 e. The molecule has 0 fully saturated rings. The van der Waals surface area contributed by atoms with Gasteiger partial charge in [-0.2, -0.15) is 0 Å². The lowest BCUT2D eigenvalue weighted by molar-refractivity contribution is -0.149. The van der Waals surface area contributed by atoms with Crippen molar-refractivity contribution in [2.75, 3.05) is 12.9 Å². The van der Waals surface area contributed by atoms with Crippen molar-refractivity contribution in [2.45, 2.75) is 31.1 Å². The molecule has 1 rings (SSSR count). The molecular formula is C15H19BrO3S. The van der Waals surface area contributed by atoms with Crippen molar-refractivity contribution in [3.05, 3.63) is 28.7 Å². The van der Waals surface area contributed by atoms with Gasteiger partial charge in [0.2, 0.25) is 0 Å². The van der Waals surface area contributed by atoms with E-state index in [1.165, 1.54) is 18.9 Å². The first kappa shape index (κ1) is 17.2. The van der Waals surface area contributed by atoms with Gasteiger partial charge >= 0.3 is 5.97 Å².